The van der Waals surface area contributed by atoms with Crippen molar-refractivity contribution in [2.75, 3.05) is 13.2 Å². The summed E-state index contributed by atoms with van der Waals surface area (Å²) < 4.78 is 5.94. The number of pyridine rings is 1. The number of ether oxygens (including phenoxy) is 1. The minimum Gasteiger partial charge on any atom is -0.492 e. The number of hydrogen-bond donors (Lipinski definition) is 1. The van der Waals surface area contributed by atoms with Gasteiger partial charge in [0.2, 0.25) is 0 Å². The minimum atomic E-state index is 0.508. The molecular formula is C16H23N3O. The summed E-state index contributed by atoms with van der Waals surface area (Å²) in [7, 11) is 0. The molecule has 0 saturated heterocycles. The van der Waals surface area contributed by atoms with Crippen molar-refractivity contribution in [3.63, 3.8) is 0 Å². The molecule has 1 fully saturated rings. The first kappa shape index (κ1) is 14.8. The Morgan fingerprint density at radius 1 is 1.35 bits per heavy atom. The van der Waals surface area contributed by atoms with E-state index >= 15 is 0 Å². The molecule has 0 amide bonds. The van der Waals surface area contributed by atoms with Gasteiger partial charge in [0.25, 0.3) is 0 Å². The Balaban J connectivity index is 2.09. The summed E-state index contributed by atoms with van der Waals surface area (Å²) in [6.07, 6.45) is 4.90. The van der Waals surface area contributed by atoms with E-state index in [4.69, 9.17) is 10.5 Å². The van der Waals surface area contributed by atoms with Crippen molar-refractivity contribution in [2.45, 2.75) is 39.5 Å². The molecule has 1 aromatic heterocycles. The summed E-state index contributed by atoms with van der Waals surface area (Å²) in [5.41, 5.74) is 8.02. The van der Waals surface area contributed by atoms with Gasteiger partial charge in [-0.2, -0.15) is 5.26 Å². The van der Waals surface area contributed by atoms with E-state index in [1.165, 1.54) is 25.7 Å². The maximum absolute atomic E-state index is 9.24. The van der Waals surface area contributed by atoms with E-state index in [0.717, 1.165) is 17.9 Å². The van der Waals surface area contributed by atoms with Gasteiger partial charge in [-0.05, 0) is 45.1 Å². The SMILES string of the molecule is Cc1cc(OCC2CCCCC2CN)c(C#N)c(C)n1. The van der Waals surface area contributed by atoms with E-state index in [2.05, 4.69) is 11.1 Å². The van der Waals surface area contributed by atoms with Gasteiger partial charge in [-0.1, -0.05) is 12.8 Å². The van der Waals surface area contributed by atoms with Crippen LogP contribution in [0.1, 0.15) is 42.6 Å². The van der Waals surface area contributed by atoms with Crippen molar-refractivity contribution in [1.82, 2.24) is 4.98 Å². The van der Waals surface area contributed by atoms with Gasteiger partial charge in [0.1, 0.15) is 17.4 Å². The molecule has 1 heterocycles. The third kappa shape index (κ3) is 3.29. The van der Waals surface area contributed by atoms with Gasteiger partial charge in [0.05, 0.1) is 12.3 Å². The predicted octanol–water partition coefficient (Wildman–Crippen LogP) is 2.71. The number of nitriles is 1. The smallest absolute Gasteiger partial charge is 0.140 e. The normalized spacial score (nSPS) is 22.3. The highest BCUT2D eigenvalue weighted by atomic mass is 16.5. The molecule has 0 aliphatic heterocycles. The van der Waals surface area contributed by atoms with Crippen molar-refractivity contribution in [3.05, 3.63) is 23.0 Å². The molecule has 4 nitrogen and oxygen atoms in total. The fourth-order valence-corrected chi connectivity index (χ4v) is 3.05. The molecule has 20 heavy (non-hydrogen) atoms. The summed E-state index contributed by atoms with van der Waals surface area (Å²) in [5, 5.41) is 9.24. The summed E-state index contributed by atoms with van der Waals surface area (Å²) >= 11 is 0. The zero-order valence-electron chi connectivity index (χ0n) is 12.4. The number of rotatable bonds is 4. The first-order chi connectivity index (χ1) is 9.65. The molecule has 1 aromatic rings. The number of aryl methyl sites for hydroxylation is 2. The maximum atomic E-state index is 9.24. The highest BCUT2D eigenvalue weighted by molar-refractivity contribution is 5.46. The van der Waals surface area contributed by atoms with Gasteiger partial charge in [-0.3, -0.25) is 4.98 Å². The molecule has 4 heteroatoms. The lowest BCUT2D eigenvalue weighted by Gasteiger charge is -2.30. The quantitative estimate of drug-likeness (QED) is 0.915. The third-order valence-corrected chi connectivity index (χ3v) is 4.23. The van der Waals surface area contributed by atoms with Crippen LogP contribution in [0.2, 0.25) is 0 Å². The van der Waals surface area contributed by atoms with Crippen LogP contribution in [0.5, 0.6) is 5.75 Å². The second-order valence-corrected chi connectivity index (χ2v) is 5.69. The zero-order chi connectivity index (χ0) is 14.5. The lowest BCUT2D eigenvalue weighted by Crippen LogP contribution is -2.30. The fourth-order valence-electron chi connectivity index (χ4n) is 3.05. The van der Waals surface area contributed by atoms with Crippen LogP contribution in [-0.4, -0.2) is 18.1 Å². The highest BCUT2D eigenvalue weighted by Crippen LogP contribution is 2.30. The Kier molecular flexibility index (Phi) is 4.97. The Morgan fingerprint density at radius 2 is 2.05 bits per heavy atom. The second kappa shape index (κ2) is 6.71. The molecule has 2 atom stereocenters. The molecule has 2 unspecified atom stereocenters. The van der Waals surface area contributed by atoms with Gasteiger partial charge in [-0.15, -0.1) is 0 Å². The molecule has 0 aromatic carbocycles. The van der Waals surface area contributed by atoms with Crippen molar-refractivity contribution >= 4 is 0 Å². The zero-order valence-corrected chi connectivity index (χ0v) is 12.4. The molecule has 1 aliphatic rings. The van der Waals surface area contributed by atoms with Gasteiger partial charge in [0.15, 0.2) is 0 Å². The summed E-state index contributed by atoms with van der Waals surface area (Å²) in [6, 6.07) is 4.04. The first-order valence-electron chi connectivity index (χ1n) is 7.37. The second-order valence-electron chi connectivity index (χ2n) is 5.69. The maximum Gasteiger partial charge on any atom is 0.140 e. The molecule has 1 saturated carbocycles. The van der Waals surface area contributed by atoms with Crippen LogP contribution < -0.4 is 10.5 Å². The van der Waals surface area contributed by atoms with E-state index in [9.17, 15) is 5.26 Å². The molecule has 0 bridgehead atoms. The highest BCUT2D eigenvalue weighted by Gasteiger charge is 2.25. The lowest BCUT2D eigenvalue weighted by atomic mass is 9.80. The van der Waals surface area contributed by atoms with Gasteiger partial charge >= 0.3 is 0 Å². The van der Waals surface area contributed by atoms with Crippen molar-refractivity contribution in [1.29, 1.82) is 5.26 Å². The van der Waals surface area contributed by atoms with E-state index in [1.807, 2.05) is 19.9 Å². The number of aromatic nitrogens is 1. The fraction of sp³-hybridized carbons (Fsp3) is 0.625. The van der Waals surface area contributed by atoms with E-state index < -0.39 is 0 Å². The number of nitrogens with zero attached hydrogens (tertiary/aromatic N) is 2. The van der Waals surface area contributed by atoms with Crippen LogP contribution in [-0.2, 0) is 0 Å². The largest absolute Gasteiger partial charge is 0.492 e. The Labute approximate surface area is 121 Å². The summed E-state index contributed by atoms with van der Waals surface area (Å²) in [5.74, 6) is 1.73. The lowest BCUT2D eigenvalue weighted by molar-refractivity contribution is 0.153. The number of nitrogens with two attached hydrogens (primary N) is 1. The Hall–Kier alpha value is -1.60. The van der Waals surface area contributed by atoms with Crippen LogP contribution in [0.25, 0.3) is 0 Å². The standard InChI is InChI=1S/C16H23N3O/c1-11-7-16(15(9-18)12(2)19-11)20-10-14-6-4-3-5-13(14)8-17/h7,13-14H,3-6,8,10,17H2,1-2H3. The van der Waals surface area contributed by atoms with Crippen LogP contribution in [0.15, 0.2) is 6.07 Å². The number of hydrogen-bond acceptors (Lipinski definition) is 4. The first-order valence-corrected chi connectivity index (χ1v) is 7.37. The predicted molar refractivity (Wildman–Crippen MR) is 78.4 cm³/mol. The van der Waals surface area contributed by atoms with Crippen LogP contribution in [0.4, 0.5) is 0 Å². The van der Waals surface area contributed by atoms with Crippen molar-refractivity contribution in [2.24, 2.45) is 17.6 Å². The van der Waals surface area contributed by atoms with Crippen LogP contribution in [0.3, 0.4) is 0 Å². The van der Waals surface area contributed by atoms with Crippen molar-refractivity contribution in [3.8, 4) is 11.8 Å². The van der Waals surface area contributed by atoms with Gasteiger partial charge in [0, 0.05) is 11.8 Å². The molecule has 0 radical (unpaired) electrons. The molecule has 108 valence electrons. The molecule has 2 N–H and O–H groups in total. The average Bonchev–Trinajstić information content (AvgIpc) is 2.45. The van der Waals surface area contributed by atoms with E-state index in [0.29, 0.717) is 29.8 Å². The molecule has 0 spiro atoms. The van der Waals surface area contributed by atoms with Crippen LogP contribution >= 0.6 is 0 Å². The summed E-state index contributed by atoms with van der Waals surface area (Å²) in [6.45, 7) is 5.15. The molecular weight excluding hydrogens is 250 g/mol. The topological polar surface area (TPSA) is 71.9 Å². The van der Waals surface area contributed by atoms with Crippen molar-refractivity contribution < 1.29 is 4.74 Å². The van der Waals surface area contributed by atoms with Gasteiger partial charge in [-0.25, -0.2) is 0 Å². The van der Waals surface area contributed by atoms with Crippen LogP contribution in [0, 0.1) is 37.0 Å². The van der Waals surface area contributed by atoms with E-state index in [1.54, 1.807) is 0 Å². The Bertz CT molecular complexity index is 507. The minimum absolute atomic E-state index is 0.508. The average molecular weight is 273 g/mol. The molecule has 1 aliphatic carbocycles. The van der Waals surface area contributed by atoms with E-state index in [-0.39, 0.29) is 0 Å². The Morgan fingerprint density at radius 3 is 2.70 bits per heavy atom. The third-order valence-electron chi connectivity index (χ3n) is 4.23. The monoisotopic (exact) mass is 273 g/mol. The summed E-state index contributed by atoms with van der Waals surface area (Å²) in [4.78, 5) is 4.31. The van der Waals surface area contributed by atoms with Gasteiger partial charge < -0.3 is 10.5 Å². The molecule has 2 rings (SSSR count).